The van der Waals surface area contributed by atoms with Crippen molar-refractivity contribution in [2.45, 2.75) is 6.18 Å². The average Bonchev–Trinajstić information content (AvgIpc) is 2.90. The Morgan fingerprint density at radius 2 is 2.21 bits per heavy atom. The molecule has 5 nitrogen and oxygen atoms in total. The van der Waals surface area contributed by atoms with Gasteiger partial charge in [0.05, 0.1) is 24.4 Å². The van der Waals surface area contributed by atoms with E-state index >= 15 is 0 Å². The summed E-state index contributed by atoms with van der Waals surface area (Å²) in [7, 11) is 0.999. The number of methoxy groups -OCH3 is 1. The second-order valence-corrected chi connectivity index (χ2v) is 3.46. The smallest absolute Gasteiger partial charge is 0.417 e. The summed E-state index contributed by atoms with van der Waals surface area (Å²) in [6.45, 7) is 0. The SMILES string of the molecule is COC(=O)c1cnc(-n2c[c]cn2)cc1C(F)(F)F. The number of ether oxygens (including phenoxy) is 1. The molecule has 19 heavy (non-hydrogen) atoms. The molecule has 8 heteroatoms. The number of hydrogen-bond donors (Lipinski definition) is 0. The molecule has 2 aromatic rings. The highest BCUT2D eigenvalue weighted by atomic mass is 19.4. The molecule has 0 fully saturated rings. The van der Waals surface area contributed by atoms with Crippen LogP contribution in [0.4, 0.5) is 13.2 Å². The van der Waals surface area contributed by atoms with Crippen LogP contribution in [-0.4, -0.2) is 27.8 Å². The maximum atomic E-state index is 12.9. The third-order valence-corrected chi connectivity index (χ3v) is 2.29. The maximum Gasteiger partial charge on any atom is 0.417 e. The van der Waals surface area contributed by atoms with E-state index in [1.807, 2.05) is 0 Å². The van der Waals surface area contributed by atoms with E-state index < -0.39 is 23.3 Å². The first-order valence-electron chi connectivity index (χ1n) is 5.00. The molecule has 0 aliphatic rings. The van der Waals surface area contributed by atoms with Gasteiger partial charge in [-0.05, 0) is 6.07 Å². The zero-order chi connectivity index (χ0) is 14.0. The minimum absolute atomic E-state index is 0.0683. The van der Waals surface area contributed by atoms with Crippen molar-refractivity contribution in [3.63, 3.8) is 0 Å². The lowest BCUT2D eigenvalue weighted by Gasteiger charge is -2.12. The predicted molar refractivity (Wildman–Crippen MR) is 56.5 cm³/mol. The Morgan fingerprint density at radius 1 is 1.47 bits per heavy atom. The number of rotatable bonds is 2. The van der Waals surface area contributed by atoms with Gasteiger partial charge in [-0.25, -0.2) is 14.5 Å². The largest absolute Gasteiger partial charge is 0.465 e. The van der Waals surface area contributed by atoms with Gasteiger partial charge in [0, 0.05) is 18.5 Å². The molecule has 0 spiro atoms. The highest BCUT2D eigenvalue weighted by Gasteiger charge is 2.36. The van der Waals surface area contributed by atoms with Crippen LogP contribution in [0.15, 0.2) is 24.7 Å². The van der Waals surface area contributed by atoms with Gasteiger partial charge in [-0.2, -0.15) is 18.3 Å². The van der Waals surface area contributed by atoms with Crippen molar-refractivity contribution >= 4 is 5.97 Å². The van der Waals surface area contributed by atoms with Crippen LogP contribution in [0.2, 0.25) is 0 Å². The van der Waals surface area contributed by atoms with E-state index in [0.29, 0.717) is 0 Å². The Balaban J connectivity index is 2.57. The van der Waals surface area contributed by atoms with E-state index in [4.69, 9.17) is 0 Å². The number of pyridine rings is 1. The lowest BCUT2D eigenvalue weighted by atomic mass is 10.1. The minimum Gasteiger partial charge on any atom is -0.465 e. The molecule has 2 heterocycles. The molecule has 0 aromatic carbocycles. The molecule has 0 aliphatic heterocycles. The number of carbonyl (C=O) groups is 1. The number of hydrogen-bond acceptors (Lipinski definition) is 4. The summed E-state index contributed by atoms with van der Waals surface area (Å²) in [6.07, 6.45) is -1.28. The fourth-order valence-electron chi connectivity index (χ4n) is 1.43. The molecule has 1 radical (unpaired) electrons. The maximum absolute atomic E-state index is 12.9. The van der Waals surface area contributed by atoms with Gasteiger partial charge in [0.15, 0.2) is 5.82 Å². The standard InChI is InChI=1S/C11H7F3N3O2/c1-19-10(18)7-6-15-9(17-4-2-3-16-17)5-8(7)11(12,13)14/h3-6H,1H3. The van der Waals surface area contributed by atoms with Gasteiger partial charge in [-0.1, -0.05) is 0 Å². The Bertz CT molecular complexity index is 594. The summed E-state index contributed by atoms with van der Waals surface area (Å²) in [5.41, 5.74) is -1.77. The van der Waals surface area contributed by atoms with E-state index in [9.17, 15) is 18.0 Å². The summed E-state index contributed by atoms with van der Waals surface area (Å²) < 4.78 is 44.1. The van der Waals surface area contributed by atoms with E-state index in [-0.39, 0.29) is 5.82 Å². The van der Waals surface area contributed by atoms with Crippen molar-refractivity contribution in [2.75, 3.05) is 7.11 Å². The third-order valence-electron chi connectivity index (χ3n) is 2.29. The molecule has 0 amide bonds. The summed E-state index contributed by atoms with van der Waals surface area (Å²) >= 11 is 0. The molecular formula is C11H7F3N3O2. The third kappa shape index (κ3) is 2.56. The molecule has 2 aromatic heterocycles. The van der Waals surface area contributed by atoms with Crippen LogP contribution < -0.4 is 0 Å². The first kappa shape index (κ1) is 13.1. The Kier molecular flexibility index (Phi) is 3.24. The Labute approximate surface area is 105 Å². The molecule has 0 saturated heterocycles. The number of halogens is 3. The lowest BCUT2D eigenvalue weighted by molar-refractivity contribution is -0.138. The van der Waals surface area contributed by atoms with Gasteiger partial charge in [0.2, 0.25) is 0 Å². The fourth-order valence-corrected chi connectivity index (χ4v) is 1.43. The molecule has 99 valence electrons. The van der Waals surface area contributed by atoms with Gasteiger partial charge in [0.25, 0.3) is 0 Å². The molecular weight excluding hydrogens is 263 g/mol. The second-order valence-electron chi connectivity index (χ2n) is 3.46. The molecule has 0 atom stereocenters. The fraction of sp³-hybridized carbons (Fsp3) is 0.182. The molecule has 0 bridgehead atoms. The zero-order valence-corrected chi connectivity index (χ0v) is 9.60. The van der Waals surface area contributed by atoms with Crippen LogP contribution in [-0.2, 0) is 10.9 Å². The van der Waals surface area contributed by atoms with Crippen molar-refractivity contribution in [3.05, 3.63) is 41.9 Å². The summed E-state index contributed by atoms with van der Waals surface area (Å²) in [5, 5.41) is 3.72. The van der Waals surface area contributed by atoms with Crippen molar-refractivity contribution in [1.29, 1.82) is 0 Å². The summed E-state index contributed by atoms with van der Waals surface area (Å²) in [5.74, 6) is -1.17. The van der Waals surface area contributed by atoms with Crippen molar-refractivity contribution < 1.29 is 22.7 Å². The van der Waals surface area contributed by atoms with Crippen LogP contribution >= 0.6 is 0 Å². The van der Waals surface area contributed by atoms with Crippen LogP contribution in [0.5, 0.6) is 0 Å². The van der Waals surface area contributed by atoms with Crippen molar-refractivity contribution in [1.82, 2.24) is 14.8 Å². The number of aromatic nitrogens is 3. The number of alkyl halides is 3. The van der Waals surface area contributed by atoms with Crippen molar-refractivity contribution in [2.24, 2.45) is 0 Å². The Morgan fingerprint density at radius 3 is 2.74 bits per heavy atom. The zero-order valence-electron chi connectivity index (χ0n) is 9.60. The normalized spacial score (nSPS) is 11.4. The van der Waals surface area contributed by atoms with E-state index in [2.05, 4.69) is 20.9 Å². The molecule has 2 rings (SSSR count). The van der Waals surface area contributed by atoms with Gasteiger partial charge in [0.1, 0.15) is 0 Å². The van der Waals surface area contributed by atoms with Gasteiger partial charge < -0.3 is 4.74 Å². The van der Waals surface area contributed by atoms with Gasteiger partial charge >= 0.3 is 12.1 Å². The summed E-state index contributed by atoms with van der Waals surface area (Å²) in [6, 6.07) is 3.30. The lowest BCUT2D eigenvalue weighted by Crippen LogP contribution is -2.16. The highest BCUT2D eigenvalue weighted by Crippen LogP contribution is 2.32. The highest BCUT2D eigenvalue weighted by molar-refractivity contribution is 5.91. The van der Waals surface area contributed by atoms with Crippen molar-refractivity contribution in [3.8, 4) is 5.82 Å². The Hall–Kier alpha value is -2.38. The minimum atomic E-state index is -4.70. The quantitative estimate of drug-likeness (QED) is 0.782. The van der Waals surface area contributed by atoms with Crippen LogP contribution in [0.25, 0.3) is 5.82 Å². The van der Waals surface area contributed by atoms with E-state index in [1.54, 1.807) is 0 Å². The molecule has 0 unspecified atom stereocenters. The van der Waals surface area contributed by atoms with Gasteiger partial charge in [-0.15, -0.1) is 0 Å². The molecule has 0 aliphatic carbocycles. The van der Waals surface area contributed by atoms with E-state index in [0.717, 1.165) is 24.1 Å². The van der Waals surface area contributed by atoms with Crippen LogP contribution in [0, 0.1) is 6.07 Å². The van der Waals surface area contributed by atoms with Crippen LogP contribution in [0.3, 0.4) is 0 Å². The monoisotopic (exact) mass is 270 g/mol. The topological polar surface area (TPSA) is 57.0 Å². The predicted octanol–water partition coefficient (Wildman–Crippen LogP) is 1.87. The van der Waals surface area contributed by atoms with Crippen LogP contribution in [0.1, 0.15) is 15.9 Å². The van der Waals surface area contributed by atoms with E-state index in [1.165, 1.54) is 12.4 Å². The number of esters is 1. The van der Waals surface area contributed by atoms with Gasteiger partial charge in [-0.3, -0.25) is 0 Å². The summed E-state index contributed by atoms with van der Waals surface area (Å²) in [4.78, 5) is 15.0. The molecule has 0 saturated carbocycles. The second kappa shape index (κ2) is 4.71. The first-order chi connectivity index (χ1) is 8.93. The number of carbonyl (C=O) groups excluding carboxylic acids is 1. The first-order valence-corrected chi connectivity index (χ1v) is 5.00. The number of nitrogens with zero attached hydrogens (tertiary/aromatic N) is 3. The molecule has 0 N–H and O–H groups in total. The average molecular weight is 270 g/mol.